The molecule has 1 aromatic carbocycles. The number of rotatable bonds is 3. The van der Waals surface area contributed by atoms with E-state index in [4.69, 9.17) is 14.2 Å². The first kappa shape index (κ1) is 18.9. The van der Waals surface area contributed by atoms with Gasteiger partial charge in [-0.05, 0) is 47.8 Å². The standard InChI is InChI=1S/C20H27BrN2O4/c1-22-10-7-13-16(18(25-2)20-19(17(13)21)26-12-27-20)14(22)11-15(24)23-8-5-3-4-6-9-23/h14H,3-12H2,1-2H3. The average molecular weight is 439 g/mol. The lowest BCUT2D eigenvalue weighted by Crippen LogP contribution is -2.39. The third-order valence-electron chi connectivity index (χ3n) is 5.96. The van der Waals surface area contributed by atoms with Crippen molar-refractivity contribution in [2.24, 2.45) is 0 Å². The Bertz CT molecular complexity index is 731. The van der Waals surface area contributed by atoms with E-state index in [0.29, 0.717) is 23.7 Å². The van der Waals surface area contributed by atoms with Crippen LogP contribution in [0.2, 0.25) is 0 Å². The summed E-state index contributed by atoms with van der Waals surface area (Å²) in [5.74, 6) is 2.30. The van der Waals surface area contributed by atoms with Gasteiger partial charge in [0.1, 0.15) is 0 Å². The molecule has 1 unspecified atom stereocenters. The Morgan fingerprint density at radius 3 is 2.56 bits per heavy atom. The number of amides is 1. The molecule has 0 radical (unpaired) electrons. The molecule has 1 saturated heterocycles. The van der Waals surface area contributed by atoms with E-state index in [1.165, 1.54) is 18.4 Å². The second-order valence-electron chi connectivity index (χ2n) is 7.55. The Labute approximate surface area is 168 Å². The molecule has 0 bridgehead atoms. The van der Waals surface area contributed by atoms with Gasteiger partial charge < -0.3 is 19.1 Å². The summed E-state index contributed by atoms with van der Waals surface area (Å²) in [5.41, 5.74) is 2.23. The number of carbonyl (C=O) groups is 1. The molecule has 27 heavy (non-hydrogen) atoms. The van der Waals surface area contributed by atoms with Crippen molar-refractivity contribution < 1.29 is 19.0 Å². The highest BCUT2D eigenvalue weighted by Crippen LogP contribution is 2.54. The largest absolute Gasteiger partial charge is 0.492 e. The zero-order valence-electron chi connectivity index (χ0n) is 16.1. The van der Waals surface area contributed by atoms with Crippen LogP contribution in [-0.4, -0.2) is 56.3 Å². The lowest BCUT2D eigenvalue weighted by atomic mass is 9.89. The maximum atomic E-state index is 13.1. The van der Waals surface area contributed by atoms with Gasteiger partial charge in [-0.1, -0.05) is 12.8 Å². The van der Waals surface area contributed by atoms with E-state index in [-0.39, 0.29) is 18.7 Å². The number of nitrogens with zero attached hydrogens (tertiary/aromatic N) is 2. The van der Waals surface area contributed by atoms with Gasteiger partial charge in [-0.15, -0.1) is 0 Å². The zero-order chi connectivity index (χ0) is 19.0. The number of likely N-dealkylation sites (N-methyl/N-ethyl adjacent to an activating group) is 1. The first-order chi connectivity index (χ1) is 13.1. The maximum Gasteiger partial charge on any atom is 0.231 e. The fourth-order valence-corrected chi connectivity index (χ4v) is 5.17. The van der Waals surface area contributed by atoms with Gasteiger partial charge in [0.2, 0.25) is 18.4 Å². The average Bonchev–Trinajstić information content (AvgIpc) is 2.99. The molecule has 1 atom stereocenters. The highest BCUT2D eigenvalue weighted by atomic mass is 79.9. The molecule has 0 N–H and O–H groups in total. The van der Waals surface area contributed by atoms with Crippen molar-refractivity contribution in [2.45, 2.75) is 44.6 Å². The third kappa shape index (κ3) is 3.40. The number of halogens is 1. The number of hydrogen-bond acceptors (Lipinski definition) is 5. The van der Waals surface area contributed by atoms with Gasteiger partial charge >= 0.3 is 0 Å². The van der Waals surface area contributed by atoms with Crippen LogP contribution in [0.3, 0.4) is 0 Å². The molecular weight excluding hydrogens is 412 g/mol. The van der Waals surface area contributed by atoms with E-state index in [2.05, 4.69) is 27.9 Å². The number of methoxy groups -OCH3 is 1. The molecule has 1 amide bonds. The Kier molecular flexibility index (Phi) is 5.50. The van der Waals surface area contributed by atoms with E-state index < -0.39 is 0 Å². The van der Waals surface area contributed by atoms with Gasteiger partial charge in [0, 0.05) is 37.7 Å². The van der Waals surface area contributed by atoms with E-state index in [1.807, 2.05) is 4.90 Å². The van der Waals surface area contributed by atoms with Crippen molar-refractivity contribution in [3.63, 3.8) is 0 Å². The second kappa shape index (κ2) is 7.87. The molecule has 0 spiro atoms. The third-order valence-corrected chi connectivity index (χ3v) is 6.80. The number of fused-ring (bicyclic) bond motifs is 2. The van der Waals surface area contributed by atoms with Gasteiger partial charge in [-0.25, -0.2) is 0 Å². The van der Waals surface area contributed by atoms with Crippen LogP contribution in [0.25, 0.3) is 0 Å². The summed E-state index contributed by atoms with van der Waals surface area (Å²) in [6, 6.07) is -0.0229. The summed E-state index contributed by atoms with van der Waals surface area (Å²) in [7, 11) is 3.75. The van der Waals surface area contributed by atoms with E-state index in [1.54, 1.807) is 7.11 Å². The van der Waals surface area contributed by atoms with Crippen LogP contribution in [0.1, 0.15) is 49.3 Å². The van der Waals surface area contributed by atoms with Crippen LogP contribution in [0.15, 0.2) is 4.47 Å². The highest BCUT2D eigenvalue weighted by molar-refractivity contribution is 9.10. The Morgan fingerprint density at radius 1 is 1.15 bits per heavy atom. The summed E-state index contributed by atoms with van der Waals surface area (Å²) in [4.78, 5) is 17.4. The van der Waals surface area contributed by atoms with Gasteiger partial charge in [-0.2, -0.15) is 0 Å². The number of hydrogen-bond donors (Lipinski definition) is 0. The van der Waals surface area contributed by atoms with E-state index in [9.17, 15) is 4.79 Å². The molecule has 7 heteroatoms. The lowest BCUT2D eigenvalue weighted by molar-refractivity contribution is -0.132. The quantitative estimate of drug-likeness (QED) is 0.722. The molecular formula is C20H27BrN2O4. The Balaban J connectivity index is 1.69. The molecule has 0 aromatic heterocycles. The Hall–Kier alpha value is -1.47. The summed E-state index contributed by atoms with van der Waals surface area (Å²) in [6.07, 6.45) is 6.01. The smallest absolute Gasteiger partial charge is 0.231 e. The minimum atomic E-state index is -0.0229. The van der Waals surface area contributed by atoms with Crippen LogP contribution in [-0.2, 0) is 11.2 Å². The minimum absolute atomic E-state index is 0.0229. The fraction of sp³-hybridized carbons (Fsp3) is 0.650. The fourth-order valence-electron chi connectivity index (χ4n) is 4.46. The molecule has 4 rings (SSSR count). The molecule has 0 aliphatic carbocycles. The van der Waals surface area contributed by atoms with Crippen LogP contribution < -0.4 is 14.2 Å². The van der Waals surface area contributed by atoms with Gasteiger partial charge in [0.25, 0.3) is 0 Å². The normalized spacial score (nSPS) is 22.3. The van der Waals surface area contributed by atoms with Gasteiger partial charge in [-0.3, -0.25) is 9.69 Å². The topological polar surface area (TPSA) is 51.2 Å². The van der Waals surface area contributed by atoms with E-state index in [0.717, 1.165) is 48.9 Å². The van der Waals surface area contributed by atoms with Gasteiger partial charge in [0.05, 0.1) is 11.6 Å². The highest BCUT2D eigenvalue weighted by Gasteiger charge is 2.38. The van der Waals surface area contributed by atoms with Crippen molar-refractivity contribution in [1.82, 2.24) is 9.80 Å². The SMILES string of the molecule is COc1c2c(c(Br)c3c1C(CC(=O)N1CCCCCC1)N(C)CC3)OCO2. The molecule has 6 nitrogen and oxygen atoms in total. The molecule has 148 valence electrons. The van der Waals surface area contributed by atoms with Crippen molar-refractivity contribution >= 4 is 21.8 Å². The summed E-state index contributed by atoms with van der Waals surface area (Å²) in [5, 5.41) is 0. The predicted octanol–water partition coefficient (Wildman–Crippen LogP) is 3.51. The van der Waals surface area contributed by atoms with Crippen LogP contribution in [0, 0.1) is 0 Å². The lowest BCUT2D eigenvalue weighted by Gasteiger charge is -2.37. The summed E-state index contributed by atoms with van der Waals surface area (Å²) in [6.45, 7) is 2.85. The monoisotopic (exact) mass is 438 g/mol. The predicted molar refractivity (Wildman–Crippen MR) is 106 cm³/mol. The van der Waals surface area contributed by atoms with Crippen molar-refractivity contribution in [2.75, 3.05) is 40.6 Å². The van der Waals surface area contributed by atoms with Crippen LogP contribution in [0.5, 0.6) is 17.2 Å². The number of likely N-dealkylation sites (tertiary alicyclic amines) is 1. The number of benzene rings is 1. The molecule has 1 aromatic rings. The molecule has 3 aliphatic heterocycles. The first-order valence-corrected chi connectivity index (χ1v) is 10.6. The molecule has 1 fully saturated rings. The number of carbonyl (C=O) groups excluding carboxylic acids is 1. The van der Waals surface area contributed by atoms with E-state index >= 15 is 0 Å². The van der Waals surface area contributed by atoms with Crippen LogP contribution in [0.4, 0.5) is 0 Å². The second-order valence-corrected chi connectivity index (χ2v) is 8.34. The number of ether oxygens (including phenoxy) is 3. The first-order valence-electron chi connectivity index (χ1n) is 9.77. The van der Waals surface area contributed by atoms with Crippen molar-refractivity contribution in [3.8, 4) is 17.2 Å². The molecule has 3 aliphatic rings. The van der Waals surface area contributed by atoms with Crippen LogP contribution >= 0.6 is 15.9 Å². The molecule has 0 saturated carbocycles. The zero-order valence-corrected chi connectivity index (χ0v) is 17.6. The summed E-state index contributed by atoms with van der Waals surface area (Å²) >= 11 is 3.71. The Morgan fingerprint density at radius 2 is 1.85 bits per heavy atom. The van der Waals surface area contributed by atoms with Gasteiger partial charge in [0.15, 0.2) is 11.5 Å². The summed E-state index contributed by atoms with van der Waals surface area (Å²) < 4.78 is 18.0. The molecule has 3 heterocycles. The van der Waals surface area contributed by atoms with Crippen molar-refractivity contribution in [3.05, 3.63) is 15.6 Å². The minimum Gasteiger partial charge on any atom is -0.492 e. The van der Waals surface area contributed by atoms with Crippen molar-refractivity contribution in [1.29, 1.82) is 0 Å². The maximum absolute atomic E-state index is 13.1.